The Hall–Kier alpha value is -2.11. The van der Waals surface area contributed by atoms with Gasteiger partial charge >= 0.3 is 0 Å². The molecule has 4 rings (SSSR count). The van der Waals surface area contributed by atoms with Crippen molar-refractivity contribution >= 4 is 11.4 Å². The number of morpholine rings is 1. The maximum absolute atomic E-state index is 5.69. The van der Waals surface area contributed by atoms with Gasteiger partial charge in [-0.15, -0.1) is 0 Å². The van der Waals surface area contributed by atoms with Gasteiger partial charge in [0.2, 0.25) is 0 Å². The molecule has 0 aliphatic carbocycles. The molecule has 0 bridgehead atoms. The van der Waals surface area contributed by atoms with E-state index in [2.05, 4.69) is 41.1 Å². The standard InChI is InChI=1S/C20H25N3O2/c1-16-4-6-18(7-5-16)23-19(20-3-2-12-25-20)15-17(21-23)8-9-22-10-13-24-14-11-22/h2-7,12,19H,8-11,13-15H2,1H3. The van der Waals surface area contributed by atoms with E-state index in [1.165, 1.54) is 11.3 Å². The predicted molar refractivity (Wildman–Crippen MR) is 99.0 cm³/mol. The minimum Gasteiger partial charge on any atom is -0.467 e. The van der Waals surface area contributed by atoms with Gasteiger partial charge < -0.3 is 9.15 Å². The lowest BCUT2D eigenvalue weighted by Gasteiger charge is -2.26. The van der Waals surface area contributed by atoms with E-state index in [4.69, 9.17) is 14.3 Å². The van der Waals surface area contributed by atoms with Gasteiger partial charge in [0.25, 0.3) is 0 Å². The highest BCUT2D eigenvalue weighted by Gasteiger charge is 2.31. The van der Waals surface area contributed by atoms with E-state index in [9.17, 15) is 0 Å². The summed E-state index contributed by atoms with van der Waals surface area (Å²) in [5.74, 6) is 0.977. The van der Waals surface area contributed by atoms with Gasteiger partial charge in [0.15, 0.2) is 0 Å². The Kier molecular flexibility index (Phi) is 4.85. The van der Waals surface area contributed by atoms with E-state index in [0.717, 1.165) is 57.1 Å². The Bertz CT molecular complexity index is 703. The number of hydrogen-bond acceptors (Lipinski definition) is 5. The molecule has 2 aliphatic heterocycles. The fourth-order valence-electron chi connectivity index (χ4n) is 3.47. The average molecular weight is 339 g/mol. The van der Waals surface area contributed by atoms with Crippen LogP contribution in [0, 0.1) is 6.92 Å². The number of ether oxygens (including phenoxy) is 1. The van der Waals surface area contributed by atoms with E-state index < -0.39 is 0 Å². The van der Waals surface area contributed by atoms with Gasteiger partial charge in [-0.05, 0) is 31.2 Å². The molecule has 132 valence electrons. The molecule has 1 aromatic carbocycles. The largest absolute Gasteiger partial charge is 0.467 e. The molecular formula is C20H25N3O2. The number of nitrogens with zero attached hydrogens (tertiary/aromatic N) is 3. The molecule has 0 radical (unpaired) electrons. The van der Waals surface area contributed by atoms with Crippen LogP contribution < -0.4 is 5.01 Å². The molecule has 1 fully saturated rings. The molecule has 2 aliphatic rings. The molecule has 1 aromatic heterocycles. The number of aryl methyl sites for hydroxylation is 1. The Morgan fingerprint density at radius 1 is 1.12 bits per heavy atom. The lowest BCUT2D eigenvalue weighted by Crippen LogP contribution is -2.37. The molecule has 1 unspecified atom stereocenters. The molecule has 5 nitrogen and oxygen atoms in total. The molecule has 3 heterocycles. The van der Waals surface area contributed by atoms with Crippen molar-refractivity contribution in [2.45, 2.75) is 25.8 Å². The smallest absolute Gasteiger partial charge is 0.128 e. The minimum absolute atomic E-state index is 0.150. The molecule has 0 spiro atoms. The maximum atomic E-state index is 5.69. The SMILES string of the molecule is Cc1ccc(N2N=C(CCN3CCOCC3)CC2c2ccco2)cc1. The first-order valence-corrected chi connectivity index (χ1v) is 9.05. The second-order valence-corrected chi connectivity index (χ2v) is 6.79. The van der Waals surface area contributed by atoms with Gasteiger partial charge in [0.1, 0.15) is 11.8 Å². The Balaban J connectivity index is 1.50. The third-order valence-corrected chi connectivity index (χ3v) is 4.96. The van der Waals surface area contributed by atoms with Crippen LogP contribution >= 0.6 is 0 Å². The lowest BCUT2D eigenvalue weighted by atomic mass is 10.1. The topological polar surface area (TPSA) is 41.2 Å². The van der Waals surface area contributed by atoms with Gasteiger partial charge in [0, 0.05) is 38.2 Å². The van der Waals surface area contributed by atoms with Gasteiger partial charge in [-0.25, -0.2) is 0 Å². The third kappa shape index (κ3) is 3.78. The lowest BCUT2D eigenvalue weighted by molar-refractivity contribution is 0.0392. The van der Waals surface area contributed by atoms with Crippen molar-refractivity contribution in [3.63, 3.8) is 0 Å². The minimum atomic E-state index is 0.150. The summed E-state index contributed by atoms with van der Waals surface area (Å²) in [4.78, 5) is 2.46. The van der Waals surface area contributed by atoms with Gasteiger partial charge in [-0.3, -0.25) is 9.91 Å². The van der Waals surface area contributed by atoms with Gasteiger partial charge in [-0.2, -0.15) is 5.10 Å². The number of hydrazone groups is 1. The van der Waals surface area contributed by atoms with Crippen molar-refractivity contribution in [2.75, 3.05) is 37.9 Å². The van der Waals surface area contributed by atoms with Crippen LogP contribution in [-0.2, 0) is 4.74 Å². The summed E-state index contributed by atoms with van der Waals surface area (Å²) < 4.78 is 11.1. The fourth-order valence-corrected chi connectivity index (χ4v) is 3.47. The molecule has 1 saturated heterocycles. The second kappa shape index (κ2) is 7.42. The number of furan rings is 1. The van der Waals surface area contributed by atoms with Crippen LogP contribution in [0.25, 0.3) is 0 Å². The molecule has 1 atom stereocenters. The first-order valence-electron chi connectivity index (χ1n) is 9.05. The Morgan fingerprint density at radius 2 is 1.92 bits per heavy atom. The average Bonchev–Trinajstić information content (AvgIpc) is 3.31. The first kappa shape index (κ1) is 16.4. The maximum Gasteiger partial charge on any atom is 0.128 e. The molecule has 5 heteroatoms. The highest BCUT2D eigenvalue weighted by atomic mass is 16.5. The zero-order valence-corrected chi connectivity index (χ0v) is 14.7. The first-order chi connectivity index (χ1) is 12.3. The normalized spacial score (nSPS) is 21.6. The summed E-state index contributed by atoms with van der Waals surface area (Å²) in [6.07, 6.45) is 3.67. The van der Waals surface area contributed by atoms with Crippen LogP contribution in [0.3, 0.4) is 0 Å². The van der Waals surface area contributed by atoms with Crippen molar-refractivity contribution in [3.8, 4) is 0 Å². The van der Waals surface area contributed by atoms with Crippen molar-refractivity contribution in [1.82, 2.24) is 4.90 Å². The van der Waals surface area contributed by atoms with Crippen molar-refractivity contribution in [1.29, 1.82) is 0 Å². The number of benzene rings is 1. The molecule has 0 N–H and O–H groups in total. The van der Waals surface area contributed by atoms with Crippen LogP contribution in [0.2, 0.25) is 0 Å². The highest BCUT2D eigenvalue weighted by molar-refractivity contribution is 5.89. The molecule has 2 aromatic rings. The number of anilines is 1. The Labute approximate surface area is 148 Å². The van der Waals surface area contributed by atoms with E-state index in [0.29, 0.717) is 0 Å². The molecule has 25 heavy (non-hydrogen) atoms. The van der Waals surface area contributed by atoms with Crippen LogP contribution in [0.5, 0.6) is 0 Å². The summed E-state index contributed by atoms with van der Waals surface area (Å²) in [5, 5.41) is 7.06. The van der Waals surface area contributed by atoms with Gasteiger partial charge in [0.05, 0.1) is 25.2 Å². The zero-order chi connectivity index (χ0) is 17.1. The monoisotopic (exact) mass is 339 g/mol. The second-order valence-electron chi connectivity index (χ2n) is 6.79. The van der Waals surface area contributed by atoms with E-state index >= 15 is 0 Å². The quantitative estimate of drug-likeness (QED) is 0.834. The summed E-state index contributed by atoms with van der Waals surface area (Å²) in [6, 6.07) is 12.7. The van der Waals surface area contributed by atoms with Crippen molar-refractivity contribution < 1.29 is 9.15 Å². The van der Waals surface area contributed by atoms with E-state index in [-0.39, 0.29) is 6.04 Å². The molecular weight excluding hydrogens is 314 g/mol. The fraction of sp³-hybridized carbons (Fsp3) is 0.450. The van der Waals surface area contributed by atoms with E-state index in [1.54, 1.807) is 6.26 Å². The predicted octanol–water partition coefficient (Wildman–Crippen LogP) is 3.62. The van der Waals surface area contributed by atoms with Crippen LogP contribution in [0.4, 0.5) is 5.69 Å². The zero-order valence-electron chi connectivity index (χ0n) is 14.7. The summed E-state index contributed by atoms with van der Waals surface area (Å²) in [5.41, 5.74) is 3.62. The van der Waals surface area contributed by atoms with E-state index in [1.807, 2.05) is 12.1 Å². The van der Waals surface area contributed by atoms with Crippen LogP contribution in [0.15, 0.2) is 52.2 Å². The van der Waals surface area contributed by atoms with Crippen molar-refractivity contribution in [3.05, 3.63) is 54.0 Å². The van der Waals surface area contributed by atoms with Crippen LogP contribution in [0.1, 0.15) is 30.2 Å². The number of rotatable bonds is 5. The van der Waals surface area contributed by atoms with Gasteiger partial charge in [-0.1, -0.05) is 17.7 Å². The summed E-state index contributed by atoms with van der Waals surface area (Å²) >= 11 is 0. The molecule has 0 saturated carbocycles. The summed E-state index contributed by atoms with van der Waals surface area (Å²) in [7, 11) is 0. The highest BCUT2D eigenvalue weighted by Crippen LogP contribution is 2.36. The third-order valence-electron chi connectivity index (χ3n) is 4.96. The molecule has 0 amide bonds. The Morgan fingerprint density at radius 3 is 2.64 bits per heavy atom. The number of hydrogen-bond donors (Lipinski definition) is 0. The summed E-state index contributed by atoms with van der Waals surface area (Å²) in [6.45, 7) is 6.89. The van der Waals surface area contributed by atoms with Crippen LogP contribution in [-0.4, -0.2) is 43.5 Å². The van der Waals surface area contributed by atoms with Crippen molar-refractivity contribution in [2.24, 2.45) is 5.10 Å².